The highest BCUT2D eigenvalue weighted by Crippen LogP contribution is 2.31. The van der Waals surface area contributed by atoms with Gasteiger partial charge in [0, 0.05) is 18.2 Å². The number of amides is 1. The van der Waals surface area contributed by atoms with E-state index in [1.54, 1.807) is 47.8 Å². The van der Waals surface area contributed by atoms with Gasteiger partial charge in [-0.2, -0.15) is 0 Å². The summed E-state index contributed by atoms with van der Waals surface area (Å²) in [6, 6.07) is 11.3. The number of aromatic carboxylic acids is 1. The number of terminal acetylenes is 1. The normalized spacial score (nSPS) is 14.6. The maximum atomic E-state index is 13.6. The van der Waals surface area contributed by atoms with Crippen LogP contribution in [-0.2, 0) is 29.0 Å². The molecule has 2 aromatic carbocycles. The molecule has 1 aliphatic carbocycles. The van der Waals surface area contributed by atoms with Gasteiger partial charge >= 0.3 is 17.9 Å². The Labute approximate surface area is 239 Å². The van der Waals surface area contributed by atoms with Gasteiger partial charge in [-0.25, -0.2) is 14.4 Å². The quantitative estimate of drug-likeness (QED) is 0.0842. The summed E-state index contributed by atoms with van der Waals surface area (Å²) in [5, 5.41) is 30.3. The van der Waals surface area contributed by atoms with Gasteiger partial charge < -0.3 is 30.9 Å². The number of carboxylic acid groups (broad SMARTS) is 2. The molecule has 210 valence electrons. The fourth-order valence-electron chi connectivity index (χ4n) is 4.61. The van der Waals surface area contributed by atoms with Crippen LogP contribution in [0.5, 0.6) is 5.75 Å². The van der Waals surface area contributed by atoms with Crippen LogP contribution in [0.25, 0.3) is 0 Å². The summed E-state index contributed by atoms with van der Waals surface area (Å²) in [4.78, 5) is 50.5. The van der Waals surface area contributed by atoms with E-state index in [4.69, 9.17) is 22.3 Å². The predicted octanol–water partition coefficient (Wildman–Crippen LogP) is 3.19. The van der Waals surface area contributed by atoms with E-state index < -0.39 is 35.8 Å². The van der Waals surface area contributed by atoms with Gasteiger partial charge in [0.1, 0.15) is 10.6 Å². The summed E-state index contributed by atoms with van der Waals surface area (Å²) in [5.74, 6) is -1.70. The number of rotatable bonds is 9. The van der Waals surface area contributed by atoms with Crippen molar-refractivity contribution in [3.05, 3.63) is 81.0 Å². The van der Waals surface area contributed by atoms with E-state index in [2.05, 4.69) is 11.2 Å². The average molecular weight is 575 g/mol. The molecule has 1 amide bonds. The first-order valence-corrected chi connectivity index (χ1v) is 13.3. The van der Waals surface area contributed by atoms with Crippen molar-refractivity contribution in [2.45, 2.75) is 31.8 Å². The fourth-order valence-corrected chi connectivity index (χ4v) is 5.35. The second kappa shape index (κ2) is 12.4. The van der Waals surface area contributed by atoms with E-state index in [-0.39, 0.29) is 17.4 Å². The molecule has 1 aliphatic rings. The fraction of sp³-hybridized carbons (Fsp3) is 0.207. The molecular formula is C29H26N4O7S. The van der Waals surface area contributed by atoms with Crippen LogP contribution >= 0.6 is 11.3 Å². The predicted molar refractivity (Wildman–Crippen MR) is 151 cm³/mol. The number of hydrogen-bond donors (Lipinski definition) is 5. The molecule has 3 aromatic rings. The van der Waals surface area contributed by atoms with Crippen LogP contribution in [0.15, 0.2) is 53.9 Å². The SMILES string of the molecule is C#CC(C(=O)O)N(Cc1csc(C(=O)O)c1)C(=O)C1CCc2cc(OC(=O)c3ccc(NC(=N)N)cc3)ccc2C1. The largest absolute Gasteiger partial charge is 0.479 e. The summed E-state index contributed by atoms with van der Waals surface area (Å²) in [7, 11) is 0. The molecule has 0 aliphatic heterocycles. The molecule has 1 aromatic heterocycles. The third-order valence-corrected chi connectivity index (χ3v) is 7.54. The third-order valence-electron chi connectivity index (χ3n) is 6.57. The van der Waals surface area contributed by atoms with Crippen molar-refractivity contribution in [2.75, 3.05) is 5.32 Å². The lowest BCUT2D eigenvalue weighted by Crippen LogP contribution is -2.47. The minimum atomic E-state index is -1.51. The zero-order chi connectivity index (χ0) is 29.7. The number of anilines is 1. The Morgan fingerprint density at radius 1 is 1.15 bits per heavy atom. The Bertz CT molecular complexity index is 1560. The van der Waals surface area contributed by atoms with Crippen LogP contribution in [-0.4, -0.2) is 50.9 Å². The first-order chi connectivity index (χ1) is 19.5. The van der Waals surface area contributed by atoms with Crippen LogP contribution in [0.3, 0.4) is 0 Å². The average Bonchev–Trinajstić information content (AvgIpc) is 3.41. The zero-order valence-corrected chi connectivity index (χ0v) is 22.4. The number of ether oxygens (including phenoxy) is 1. The van der Waals surface area contributed by atoms with Crippen molar-refractivity contribution in [1.82, 2.24) is 4.90 Å². The van der Waals surface area contributed by atoms with Gasteiger partial charge in [0.25, 0.3) is 0 Å². The molecule has 1 heterocycles. The molecule has 2 unspecified atom stereocenters. The Morgan fingerprint density at radius 3 is 2.49 bits per heavy atom. The van der Waals surface area contributed by atoms with Gasteiger partial charge in [-0.3, -0.25) is 10.2 Å². The molecule has 6 N–H and O–H groups in total. The molecule has 0 spiro atoms. The number of nitrogens with one attached hydrogen (secondary N) is 2. The Morgan fingerprint density at radius 2 is 1.88 bits per heavy atom. The van der Waals surface area contributed by atoms with Gasteiger partial charge in [-0.05, 0) is 83.8 Å². The zero-order valence-electron chi connectivity index (χ0n) is 21.6. The first-order valence-electron chi connectivity index (χ1n) is 12.4. The van der Waals surface area contributed by atoms with E-state index in [9.17, 15) is 29.4 Å². The topological polar surface area (TPSA) is 183 Å². The van der Waals surface area contributed by atoms with Crippen LogP contribution in [0.2, 0.25) is 0 Å². The number of benzene rings is 2. The molecule has 2 atom stereocenters. The van der Waals surface area contributed by atoms with E-state index in [1.807, 2.05) is 0 Å². The summed E-state index contributed by atoms with van der Waals surface area (Å²) in [6.45, 7) is -0.131. The Kier molecular flexibility index (Phi) is 8.69. The molecule has 4 rings (SSSR count). The number of carboxylic acids is 2. The highest BCUT2D eigenvalue weighted by molar-refractivity contribution is 7.12. The lowest BCUT2D eigenvalue weighted by Gasteiger charge is -2.32. The van der Waals surface area contributed by atoms with Gasteiger partial charge in [0.2, 0.25) is 5.91 Å². The van der Waals surface area contributed by atoms with E-state index >= 15 is 0 Å². The minimum absolute atomic E-state index is 0.0742. The van der Waals surface area contributed by atoms with Crippen LogP contribution in [0.4, 0.5) is 5.69 Å². The number of aryl methyl sites for hydroxylation is 1. The number of thiophene rings is 1. The lowest BCUT2D eigenvalue weighted by molar-refractivity contribution is -0.150. The maximum Gasteiger partial charge on any atom is 0.345 e. The molecular weight excluding hydrogens is 548 g/mol. The summed E-state index contributed by atoms with van der Waals surface area (Å²) in [5.41, 5.74) is 8.42. The third kappa shape index (κ3) is 6.90. The molecule has 0 radical (unpaired) electrons. The number of fused-ring (bicyclic) bond motifs is 1. The highest BCUT2D eigenvalue weighted by Gasteiger charge is 2.35. The Hall–Kier alpha value is -5.15. The number of nitrogens with two attached hydrogens (primary N) is 1. The highest BCUT2D eigenvalue weighted by atomic mass is 32.1. The summed E-state index contributed by atoms with van der Waals surface area (Å²) in [6.07, 6.45) is 6.73. The molecule has 0 fully saturated rings. The van der Waals surface area contributed by atoms with E-state index in [1.165, 1.54) is 6.07 Å². The van der Waals surface area contributed by atoms with Crippen LogP contribution < -0.4 is 15.8 Å². The number of aliphatic carboxylic acids is 1. The van der Waals surface area contributed by atoms with Crippen molar-refractivity contribution >= 4 is 46.8 Å². The first kappa shape index (κ1) is 28.8. The molecule has 0 bridgehead atoms. The minimum Gasteiger partial charge on any atom is -0.479 e. The van der Waals surface area contributed by atoms with Crippen molar-refractivity contribution in [1.29, 1.82) is 5.41 Å². The number of esters is 1. The standard InChI is InChI=1S/C29H26N4O7S/c1-2-23(26(35)36)33(14-16-11-24(27(37)38)41-15-16)25(34)20-4-3-19-13-22(10-7-18(19)12-20)40-28(39)17-5-8-21(9-6-17)32-29(30)31/h1,5-11,13,15,20,23H,3-4,12,14H2,(H,35,36)(H,37,38)(H4,30,31,32). The van der Waals surface area contributed by atoms with Gasteiger partial charge in [0.15, 0.2) is 12.0 Å². The van der Waals surface area contributed by atoms with E-state index in [0.29, 0.717) is 41.8 Å². The second-order valence-corrected chi connectivity index (χ2v) is 10.3. The van der Waals surface area contributed by atoms with Crippen molar-refractivity contribution in [3.63, 3.8) is 0 Å². The molecule has 41 heavy (non-hydrogen) atoms. The lowest BCUT2D eigenvalue weighted by atomic mass is 9.82. The summed E-state index contributed by atoms with van der Waals surface area (Å²) >= 11 is 0.984. The summed E-state index contributed by atoms with van der Waals surface area (Å²) < 4.78 is 5.53. The van der Waals surface area contributed by atoms with E-state index in [0.717, 1.165) is 27.4 Å². The number of carbonyl (C=O) groups excluding carboxylic acids is 2. The second-order valence-electron chi connectivity index (χ2n) is 9.37. The van der Waals surface area contributed by atoms with Crippen LogP contribution in [0, 0.1) is 23.7 Å². The number of carbonyl (C=O) groups is 4. The van der Waals surface area contributed by atoms with Crippen molar-refractivity contribution in [2.24, 2.45) is 11.7 Å². The number of guanidine groups is 1. The van der Waals surface area contributed by atoms with Gasteiger partial charge in [-0.1, -0.05) is 12.0 Å². The molecule has 11 nitrogen and oxygen atoms in total. The number of hydrogen-bond acceptors (Lipinski definition) is 7. The molecule has 12 heteroatoms. The molecule has 0 saturated carbocycles. The van der Waals surface area contributed by atoms with Crippen molar-refractivity contribution < 1.29 is 34.1 Å². The van der Waals surface area contributed by atoms with Crippen LogP contribution in [0.1, 0.15) is 43.1 Å². The number of nitrogens with zero attached hydrogens (tertiary/aromatic N) is 1. The Balaban J connectivity index is 1.46. The smallest absolute Gasteiger partial charge is 0.345 e. The van der Waals surface area contributed by atoms with Gasteiger partial charge in [0.05, 0.1) is 5.56 Å². The molecule has 0 saturated heterocycles. The van der Waals surface area contributed by atoms with Crippen molar-refractivity contribution in [3.8, 4) is 18.1 Å². The monoisotopic (exact) mass is 574 g/mol. The maximum absolute atomic E-state index is 13.6. The van der Waals surface area contributed by atoms with Gasteiger partial charge in [-0.15, -0.1) is 17.8 Å².